The van der Waals surface area contributed by atoms with E-state index in [9.17, 15) is 13.2 Å². The summed E-state index contributed by atoms with van der Waals surface area (Å²) in [5, 5.41) is 0. The number of carbonyl (C=O) groups is 1. The SMILES string of the molecule is CS(=O)(=O)NCCC1CCCCN1C(=O)[C@@H]1CCC[C@@H]1CN.Cl. The monoisotopic (exact) mass is 367 g/mol. The molecule has 2 rings (SSSR count). The number of sulfonamides is 1. The Hall–Kier alpha value is -0.370. The highest BCUT2D eigenvalue weighted by Gasteiger charge is 2.37. The minimum Gasteiger partial charge on any atom is -0.339 e. The van der Waals surface area contributed by atoms with Crippen molar-refractivity contribution in [3.8, 4) is 0 Å². The Morgan fingerprint density at radius 2 is 1.96 bits per heavy atom. The lowest BCUT2D eigenvalue weighted by atomic mass is 9.91. The van der Waals surface area contributed by atoms with Crippen LogP contribution in [-0.2, 0) is 14.8 Å². The van der Waals surface area contributed by atoms with Gasteiger partial charge in [-0.2, -0.15) is 0 Å². The summed E-state index contributed by atoms with van der Waals surface area (Å²) in [6, 6.07) is 0.162. The van der Waals surface area contributed by atoms with Crippen molar-refractivity contribution in [2.75, 3.05) is 25.9 Å². The van der Waals surface area contributed by atoms with Crippen LogP contribution in [0.1, 0.15) is 44.9 Å². The fourth-order valence-corrected chi connectivity index (χ4v) is 4.35. The summed E-state index contributed by atoms with van der Waals surface area (Å²) in [6.07, 6.45) is 8.08. The van der Waals surface area contributed by atoms with Gasteiger partial charge >= 0.3 is 0 Å². The molecule has 1 aliphatic heterocycles. The minimum absolute atomic E-state index is 0. The van der Waals surface area contributed by atoms with Gasteiger partial charge in [0.05, 0.1) is 6.26 Å². The first-order valence-electron chi connectivity index (χ1n) is 8.37. The van der Waals surface area contributed by atoms with E-state index >= 15 is 0 Å². The molecule has 1 amide bonds. The van der Waals surface area contributed by atoms with Crippen molar-refractivity contribution >= 4 is 28.3 Å². The molecule has 0 radical (unpaired) electrons. The van der Waals surface area contributed by atoms with E-state index in [0.717, 1.165) is 45.1 Å². The molecule has 8 heteroatoms. The number of piperidine rings is 1. The second-order valence-corrected chi connectivity index (χ2v) is 8.50. The van der Waals surface area contributed by atoms with Gasteiger partial charge in [-0.15, -0.1) is 12.4 Å². The molecule has 3 atom stereocenters. The van der Waals surface area contributed by atoms with Gasteiger partial charge < -0.3 is 10.6 Å². The highest BCUT2D eigenvalue weighted by Crippen LogP contribution is 2.34. The lowest BCUT2D eigenvalue weighted by Crippen LogP contribution is -2.48. The molecule has 2 aliphatic rings. The van der Waals surface area contributed by atoms with Crippen molar-refractivity contribution in [1.82, 2.24) is 9.62 Å². The zero-order valence-corrected chi connectivity index (χ0v) is 15.5. The maximum Gasteiger partial charge on any atom is 0.226 e. The van der Waals surface area contributed by atoms with Gasteiger partial charge in [-0.3, -0.25) is 4.79 Å². The van der Waals surface area contributed by atoms with Crippen LogP contribution >= 0.6 is 12.4 Å². The molecule has 0 aromatic heterocycles. The molecule has 1 saturated carbocycles. The molecular weight excluding hydrogens is 338 g/mol. The van der Waals surface area contributed by atoms with Gasteiger partial charge in [0.1, 0.15) is 0 Å². The number of hydrogen-bond acceptors (Lipinski definition) is 4. The van der Waals surface area contributed by atoms with E-state index in [-0.39, 0.29) is 30.3 Å². The maximum absolute atomic E-state index is 12.9. The van der Waals surface area contributed by atoms with Gasteiger partial charge in [-0.05, 0) is 51.0 Å². The second kappa shape index (κ2) is 9.20. The van der Waals surface area contributed by atoms with Crippen molar-refractivity contribution in [2.45, 2.75) is 51.0 Å². The molecule has 2 fully saturated rings. The highest BCUT2D eigenvalue weighted by atomic mass is 35.5. The molecule has 0 spiro atoms. The van der Waals surface area contributed by atoms with Crippen LogP contribution in [0.3, 0.4) is 0 Å². The molecule has 6 nitrogen and oxygen atoms in total. The molecule has 3 N–H and O–H groups in total. The third kappa shape index (κ3) is 5.89. The van der Waals surface area contributed by atoms with Gasteiger partial charge in [-0.1, -0.05) is 6.42 Å². The molecule has 1 saturated heterocycles. The smallest absolute Gasteiger partial charge is 0.226 e. The number of nitrogens with one attached hydrogen (secondary N) is 1. The van der Waals surface area contributed by atoms with Gasteiger partial charge in [0.25, 0.3) is 0 Å². The van der Waals surface area contributed by atoms with Crippen LogP contribution in [0.2, 0.25) is 0 Å². The first kappa shape index (κ1) is 20.7. The Morgan fingerprint density at radius 1 is 1.22 bits per heavy atom. The van der Waals surface area contributed by atoms with Crippen LogP contribution in [0.4, 0.5) is 0 Å². The van der Waals surface area contributed by atoms with Crippen molar-refractivity contribution in [2.24, 2.45) is 17.6 Å². The minimum atomic E-state index is -3.16. The Balaban J connectivity index is 0.00000264. The van der Waals surface area contributed by atoms with E-state index in [2.05, 4.69) is 4.72 Å². The summed E-state index contributed by atoms with van der Waals surface area (Å²) in [6.45, 7) is 1.79. The average molecular weight is 368 g/mol. The zero-order chi connectivity index (χ0) is 16.2. The summed E-state index contributed by atoms with van der Waals surface area (Å²) >= 11 is 0. The van der Waals surface area contributed by atoms with E-state index in [1.807, 2.05) is 4.90 Å². The Bertz CT molecular complexity index is 486. The number of likely N-dealkylation sites (tertiary alicyclic amines) is 1. The Labute approximate surface area is 146 Å². The summed E-state index contributed by atoms with van der Waals surface area (Å²) in [4.78, 5) is 14.9. The van der Waals surface area contributed by atoms with Gasteiger partial charge in [0, 0.05) is 25.0 Å². The summed E-state index contributed by atoms with van der Waals surface area (Å²) in [5.41, 5.74) is 5.81. The van der Waals surface area contributed by atoms with Gasteiger partial charge in [-0.25, -0.2) is 13.1 Å². The van der Waals surface area contributed by atoms with Gasteiger partial charge in [0.2, 0.25) is 15.9 Å². The maximum atomic E-state index is 12.9. The largest absolute Gasteiger partial charge is 0.339 e. The summed E-state index contributed by atoms with van der Waals surface area (Å²) in [7, 11) is -3.16. The molecule has 23 heavy (non-hydrogen) atoms. The molecule has 1 aliphatic carbocycles. The van der Waals surface area contributed by atoms with E-state index < -0.39 is 10.0 Å². The zero-order valence-electron chi connectivity index (χ0n) is 13.9. The molecule has 0 bridgehead atoms. The molecule has 0 aromatic rings. The third-order valence-corrected chi connectivity index (χ3v) is 5.76. The van der Waals surface area contributed by atoms with Crippen molar-refractivity contribution in [3.05, 3.63) is 0 Å². The Morgan fingerprint density at radius 3 is 2.61 bits per heavy atom. The van der Waals surface area contributed by atoms with E-state index in [4.69, 9.17) is 5.73 Å². The van der Waals surface area contributed by atoms with Crippen LogP contribution in [0.25, 0.3) is 0 Å². The van der Waals surface area contributed by atoms with E-state index in [1.54, 1.807) is 0 Å². The normalized spacial score (nSPS) is 28.4. The molecule has 1 unspecified atom stereocenters. The molecular formula is C15H30ClN3O3S. The van der Waals surface area contributed by atoms with Gasteiger partial charge in [0.15, 0.2) is 0 Å². The van der Waals surface area contributed by atoms with Crippen LogP contribution in [0.5, 0.6) is 0 Å². The standard InChI is InChI=1S/C15H29N3O3S.ClH/c1-22(20,21)17-9-8-13-6-2-3-10-18(13)15(19)14-7-4-5-12(14)11-16;/h12-14,17H,2-11,16H2,1H3;1H/t12-,13?,14-;/m1./s1. The number of carbonyl (C=O) groups excluding carboxylic acids is 1. The number of nitrogens with two attached hydrogens (primary N) is 1. The molecule has 136 valence electrons. The fourth-order valence-electron chi connectivity index (χ4n) is 3.86. The first-order valence-corrected chi connectivity index (χ1v) is 10.3. The number of halogens is 1. The lowest BCUT2D eigenvalue weighted by molar-refractivity contribution is -0.140. The number of nitrogens with zero attached hydrogens (tertiary/aromatic N) is 1. The van der Waals surface area contributed by atoms with Crippen molar-refractivity contribution < 1.29 is 13.2 Å². The topological polar surface area (TPSA) is 92.5 Å². The number of hydrogen-bond donors (Lipinski definition) is 2. The second-order valence-electron chi connectivity index (χ2n) is 6.67. The Kier molecular flexibility index (Phi) is 8.27. The quantitative estimate of drug-likeness (QED) is 0.735. The van der Waals surface area contributed by atoms with Crippen molar-refractivity contribution in [3.63, 3.8) is 0 Å². The van der Waals surface area contributed by atoms with Crippen LogP contribution < -0.4 is 10.5 Å². The fraction of sp³-hybridized carbons (Fsp3) is 0.933. The lowest BCUT2D eigenvalue weighted by Gasteiger charge is -2.38. The molecule has 0 aromatic carbocycles. The third-order valence-electron chi connectivity index (χ3n) is 5.03. The van der Waals surface area contributed by atoms with E-state index in [0.29, 0.717) is 25.4 Å². The summed E-state index contributed by atoms with van der Waals surface area (Å²) < 4.78 is 24.9. The van der Waals surface area contributed by atoms with Crippen molar-refractivity contribution in [1.29, 1.82) is 0 Å². The average Bonchev–Trinajstić information content (AvgIpc) is 2.94. The molecule has 1 heterocycles. The number of rotatable bonds is 6. The predicted molar refractivity (Wildman–Crippen MR) is 93.9 cm³/mol. The first-order chi connectivity index (χ1) is 10.4. The van der Waals surface area contributed by atoms with E-state index in [1.165, 1.54) is 6.26 Å². The van der Waals surface area contributed by atoms with Crippen LogP contribution in [-0.4, -0.2) is 51.2 Å². The summed E-state index contributed by atoms with van der Waals surface area (Å²) in [5.74, 6) is 0.648. The predicted octanol–water partition coefficient (Wildman–Crippen LogP) is 1.10. The van der Waals surface area contributed by atoms with Crippen LogP contribution in [0.15, 0.2) is 0 Å². The highest BCUT2D eigenvalue weighted by molar-refractivity contribution is 7.88. The van der Waals surface area contributed by atoms with Crippen LogP contribution in [0, 0.1) is 11.8 Å². The number of amides is 1.